The molecule has 0 radical (unpaired) electrons. The predicted octanol–water partition coefficient (Wildman–Crippen LogP) is 4.07. The molecule has 2 aromatic heterocycles. The molecule has 0 aliphatic rings. The van der Waals surface area contributed by atoms with Crippen LogP contribution in [0.3, 0.4) is 0 Å². The number of esters is 1. The molecule has 0 saturated carbocycles. The number of methoxy groups -OCH3 is 1. The molecule has 0 aliphatic carbocycles. The van der Waals surface area contributed by atoms with E-state index in [1.165, 1.54) is 35.0 Å². The Labute approximate surface area is 224 Å². The normalized spacial score (nSPS) is 12.3. The standard InChI is InChI=1S/C26H29F3N4O5S/c1-15-21(22(34)31-12-17-10-11-18(13-30-17)39(6,36)37)32-24(25(2,3)4)33(15)14-16-8-7-9-19(23(35)38-5)20(16)26(27,28)29/h7-11,13H,12,14H2,1-6H3,(H,31,34). The number of nitrogens with one attached hydrogen (secondary N) is 1. The lowest BCUT2D eigenvalue weighted by Gasteiger charge is -2.22. The molecule has 0 atom stereocenters. The number of ether oxygens (including phenoxy) is 1. The van der Waals surface area contributed by atoms with Crippen molar-refractivity contribution in [2.24, 2.45) is 0 Å². The van der Waals surface area contributed by atoms with E-state index in [-0.39, 0.29) is 29.2 Å². The van der Waals surface area contributed by atoms with Crippen molar-refractivity contribution < 1.29 is 35.9 Å². The highest BCUT2D eigenvalue weighted by atomic mass is 32.2. The third-order valence-electron chi connectivity index (χ3n) is 5.93. The van der Waals surface area contributed by atoms with Gasteiger partial charge in [0.25, 0.3) is 5.91 Å². The van der Waals surface area contributed by atoms with Crippen LogP contribution in [0.1, 0.15) is 70.0 Å². The van der Waals surface area contributed by atoms with Crippen molar-refractivity contribution in [3.05, 3.63) is 76.1 Å². The number of carbonyl (C=O) groups is 2. The summed E-state index contributed by atoms with van der Waals surface area (Å²) < 4.78 is 71.6. The summed E-state index contributed by atoms with van der Waals surface area (Å²) in [5.74, 6) is -1.32. The van der Waals surface area contributed by atoms with Crippen LogP contribution in [0.2, 0.25) is 0 Å². The average molecular weight is 567 g/mol. The SMILES string of the molecule is COC(=O)c1cccc(Cn2c(C(C)(C)C)nc(C(=O)NCc3ccc(S(C)(=O)=O)cn3)c2C)c1C(F)(F)F. The summed E-state index contributed by atoms with van der Waals surface area (Å²) in [6.07, 6.45) is -2.59. The second kappa shape index (κ2) is 10.8. The molecule has 210 valence electrons. The van der Waals surface area contributed by atoms with Crippen LogP contribution in [-0.2, 0) is 39.3 Å². The molecule has 0 fully saturated rings. The second-order valence-corrected chi connectivity index (χ2v) is 12.0. The lowest BCUT2D eigenvalue weighted by Crippen LogP contribution is -2.24. The van der Waals surface area contributed by atoms with Crippen LogP contribution in [0.5, 0.6) is 0 Å². The van der Waals surface area contributed by atoms with Gasteiger partial charge in [0.1, 0.15) is 11.5 Å². The third-order valence-corrected chi connectivity index (χ3v) is 7.03. The lowest BCUT2D eigenvalue weighted by molar-refractivity contribution is -0.138. The molecule has 9 nitrogen and oxygen atoms in total. The van der Waals surface area contributed by atoms with Crippen LogP contribution in [0.25, 0.3) is 0 Å². The Hall–Kier alpha value is -3.74. The van der Waals surface area contributed by atoms with Crippen LogP contribution < -0.4 is 5.32 Å². The van der Waals surface area contributed by atoms with Crippen LogP contribution in [-0.4, -0.2) is 48.2 Å². The van der Waals surface area contributed by atoms with Crippen LogP contribution in [0, 0.1) is 6.92 Å². The largest absolute Gasteiger partial charge is 0.465 e. The Kier molecular flexibility index (Phi) is 8.25. The molecule has 0 spiro atoms. The first kappa shape index (κ1) is 29.8. The van der Waals surface area contributed by atoms with Gasteiger partial charge in [-0.15, -0.1) is 0 Å². The molecular formula is C26H29F3N4O5S. The van der Waals surface area contributed by atoms with Crippen molar-refractivity contribution in [3.8, 4) is 0 Å². The Morgan fingerprint density at radius 1 is 1.10 bits per heavy atom. The number of pyridine rings is 1. The summed E-state index contributed by atoms with van der Waals surface area (Å²) >= 11 is 0. The zero-order valence-electron chi connectivity index (χ0n) is 22.3. The number of carbonyl (C=O) groups excluding carboxylic acids is 2. The molecule has 0 unspecified atom stereocenters. The molecule has 1 N–H and O–H groups in total. The third kappa shape index (κ3) is 6.64. The average Bonchev–Trinajstić information content (AvgIpc) is 3.17. The minimum atomic E-state index is -4.84. The number of imidazole rings is 1. The van der Waals surface area contributed by atoms with E-state index < -0.39 is 44.4 Å². The number of hydrogen-bond donors (Lipinski definition) is 1. The van der Waals surface area contributed by atoms with Crippen molar-refractivity contribution >= 4 is 21.7 Å². The zero-order chi connectivity index (χ0) is 29.3. The summed E-state index contributed by atoms with van der Waals surface area (Å²) in [7, 11) is -2.41. The van der Waals surface area contributed by atoms with E-state index in [1.54, 1.807) is 6.92 Å². The van der Waals surface area contributed by atoms with Gasteiger partial charge in [-0.3, -0.25) is 9.78 Å². The molecule has 3 rings (SSSR count). The first-order valence-corrected chi connectivity index (χ1v) is 13.6. The number of hydrogen-bond acceptors (Lipinski definition) is 7. The molecule has 2 heterocycles. The molecule has 0 aliphatic heterocycles. The van der Waals surface area contributed by atoms with Crippen LogP contribution in [0.15, 0.2) is 41.4 Å². The molecular weight excluding hydrogens is 537 g/mol. The number of alkyl halides is 3. The maximum Gasteiger partial charge on any atom is 0.417 e. The first-order valence-electron chi connectivity index (χ1n) is 11.7. The zero-order valence-corrected chi connectivity index (χ0v) is 23.1. The number of aromatic nitrogens is 3. The van der Waals surface area contributed by atoms with E-state index in [0.29, 0.717) is 17.2 Å². The van der Waals surface area contributed by atoms with Gasteiger partial charge in [-0.25, -0.2) is 18.2 Å². The Balaban J connectivity index is 1.99. The molecule has 0 saturated heterocycles. The van der Waals surface area contributed by atoms with E-state index in [4.69, 9.17) is 0 Å². The number of sulfone groups is 1. The Morgan fingerprint density at radius 2 is 1.77 bits per heavy atom. The minimum Gasteiger partial charge on any atom is -0.465 e. The minimum absolute atomic E-state index is 0.0189. The van der Waals surface area contributed by atoms with E-state index in [1.807, 2.05) is 20.8 Å². The molecule has 0 bridgehead atoms. The van der Waals surface area contributed by atoms with Crippen molar-refractivity contribution in [2.75, 3.05) is 13.4 Å². The highest BCUT2D eigenvalue weighted by Gasteiger charge is 2.39. The summed E-state index contributed by atoms with van der Waals surface area (Å²) in [5.41, 5.74) is -1.80. The van der Waals surface area contributed by atoms with Crippen LogP contribution >= 0.6 is 0 Å². The maximum atomic E-state index is 14.1. The topological polar surface area (TPSA) is 120 Å². The van der Waals surface area contributed by atoms with Gasteiger partial charge in [-0.05, 0) is 30.7 Å². The number of benzene rings is 1. The smallest absolute Gasteiger partial charge is 0.417 e. The fraction of sp³-hybridized carbons (Fsp3) is 0.385. The van der Waals surface area contributed by atoms with E-state index in [2.05, 4.69) is 20.0 Å². The van der Waals surface area contributed by atoms with Crippen molar-refractivity contribution in [1.29, 1.82) is 0 Å². The first-order chi connectivity index (χ1) is 17.9. The van der Waals surface area contributed by atoms with Gasteiger partial charge in [0, 0.05) is 30.1 Å². The second-order valence-electron chi connectivity index (χ2n) is 9.97. The van der Waals surface area contributed by atoms with Crippen molar-refractivity contribution in [2.45, 2.75) is 57.3 Å². The Bertz CT molecular complexity index is 1510. The van der Waals surface area contributed by atoms with Gasteiger partial charge < -0.3 is 14.6 Å². The molecule has 1 aromatic carbocycles. The monoisotopic (exact) mass is 566 g/mol. The van der Waals surface area contributed by atoms with Gasteiger partial charge in [0.2, 0.25) is 0 Å². The number of rotatable bonds is 7. The number of amides is 1. The van der Waals surface area contributed by atoms with Gasteiger partial charge in [0.05, 0.1) is 35.4 Å². The molecule has 39 heavy (non-hydrogen) atoms. The molecule has 3 aromatic rings. The van der Waals surface area contributed by atoms with E-state index in [0.717, 1.165) is 19.4 Å². The fourth-order valence-electron chi connectivity index (χ4n) is 4.02. The van der Waals surface area contributed by atoms with Crippen LogP contribution in [0.4, 0.5) is 13.2 Å². The highest BCUT2D eigenvalue weighted by Crippen LogP contribution is 2.36. The maximum absolute atomic E-state index is 14.1. The van der Waals surface area contributed by atoms with Crippen molar-refractivity contribution in [3.63, 3.8) is 0 Å². The molecule has 13 heteroatoms. The summed E-state index contributed by atoms with van der Waals surface area (Å²) in [5, 5.41) is 2.67. The van der Waals surface area contributed by atoms with Gasteiger partial charge >= 0.3 is 12.1 Å². The highest BCUT2D eigenvalue weighted by molar-refractivity contribution is 7.90. The summed E-state index contributed by atoms with van der Waals surface area (Å²) in [6, 6.07) is 6.51. The number of halogens is 3. The number of nitrogens with zero attached hydrogens (tertiary/aromatic N) is 3. The molecule has 1 amide bonds. The quantitative estimate of drug-likeness (QED) is 0.428. The van der Waals surface area contributed by atoms with E-state index >= 15 is 0 Å². The van der Waals surface area contributed by atoms with E-state index in [9.17, 15) is 31.2 Å². The Morgan fingerprint density at radius 3 is 2.28 bits per heavy atom. The lowest BCUT2D eigenvalue weighted by atomic mass is 9.95. The van der Waals surface area contributed by atoms with Gasteiger partial charge in [-0.2, -0.15) is 13.2 Å². The van der Waals surface area contributed by atoms with Crippen molar-refractivity contribution in [1.82, 2.24) is 19.9 Å². The fourth-order valence-corrected chi connectivity index (χ4v) is 4.58. The van der Waals surface area contributed by atoms with Gasteiger partial charge in [0.15, 0.2) is 9.84 Å². The van der Waals surface area contributed by atoms with Gasteiger partial charge in [-0.1, -0.05) is 32.9 Å². The summed E-state index contributed by atoms with van der Waals surface area (Å²) in [4.78, 5) is 33.7. The predicted molar refractivity (Wildman–Crippen MR) is 136 cm³/mol. The summed E-state index contributed by atoms with van der Waals surface area (Å²) in [6.45, 7) is 6.70.